The fourth-order valence-corrected chi connectivity index (χ4v) is 1.83. The molecule has 2 aromatic heterocycles. The Morgan fingerprint density at radius 3 is 2.89 bits per heavy atom. The molecule has 0 aromatic carbocycles. The smallest absolute Gasteiger partial charge is 0.146 e. The van der Waals surface area contributed by atoms with Gasteiger partial charge in [0.2, 0.25) is 0 Å². The number of hydrogen-bond donors (Lipinski definition) is 2. The molecule has 0 spiro atoms. The number of rotatable bonds is 4. The monoisotopic (exact) mass is 246 g/mol. The fraction of sp³-hybridized carbons (Fsp3) is 0.231. The summed E-state index contributed by atoms with van der Waals surface area (Å²) in [6.07, 6.45) is 4.81. The highest BCUT2D eigenvalue weighted by molar-refractivity contribution is 5.48. The summed E-state index contributed by atoms with van der Waals surface area (Å²) >= 11 is 0. The third kappa shape index (κ3) is 2.46. The molecule has 0 fully saturated rings. The van der Waals surface area contributed by atoms with E-state index in [1.807, 2.05) is 6.92 Å². The van der Waals surface area contributed by atoms with Gasteiger partial charge in [-0.3, -0.25) is 9.97 Å². The van der Waals surface area contributed by atoms with Crippen molar-refractivity contribution < 1.29 is 4.39 Å². The van der Waals surface area contributed by atoms with Gasteiger partial charge in [0.15, 0.2) is 0 Å². The number of nitrogens with one attached hydrogen (secondary N) is 1. The largest absolute Gasteiger partial charge is 0.398 e. The Morgan fingerprint density at radius 1 is 1.39 bits per heavy atom. The van der Waals surface area contributed by atoms with Gasteiger partial charge in [-0.15, -0.1) is 0 Å². The summed E-state index contributed by atoms with van der Waals surface area (Å²) in [6, 6.07) is 4.26. The molecule has 2 rings (SSSR count). The van der Waals surface area contributed by atoms with Crippen LogP contribution in [0.2, 0.25) is 0 Å². The van der Waals surface area contributed by atoms with Crippen LogP contribution in [0.1, 0.15) is 24.2 Å². The second kappa shape index (κ2) is 5.55. The van der Waals surface area contributed by atoms with E-state index in [0.717, 1.165) is 5.56 Å². The van der Waals surface area contributed by atoms with Gasteiger partial charge in [0.1, 0.15) is 5.82 Å². The summed E-state index contributed by atoms with van der Waals surface area (Å²) in [5.41, 5.74) is 7.55. The Kier molecular flexibility index (Phi) is 3.84. The molecule has 0 aliphatic carbocycles. The van der Waals surface area contributed by atoms with E-state index in [2.05, 4.69) is 15.3 Å². The molecule has 94 valence electrons. The number of nitrogens with two attached hydrogens (primary N) is 1. The molecule has 3 N–H and O–H groups in total. The van der Waals surface area contributed by atoms with Crippen molar-refractivity contribution in [3.05, 3.63) is 53.9 Å². The zero-order chi connectivity index (χ0) is 13.0. The van der Waals surface area contributed by atoms with Crippen LogP contribution in [0.25, 0.3) is 0 Å². The topological polar surface area (TPSA) is 63.8 Å². The van der Waals surface area contributed by atoms with Crippen LogP contribution < -0.4 is 11.1 Å². The first-order chi connectivity index (χ1) is 8.74. The number of nitrogens with zero attached hydrogens (tertiary/aromatic N) is 2. The molecule has 5 heteroatoms. The van der Waals surface area contributed by atoms with Crippen molar-refractivity contribution in [2.45, 2.75) is 13.0 Å². The van der Waals surface area contributed by atoms with Crippen LogP contribution in [0.15, 0.2) is 36.8 Å². The van der Waals surface area contributed by atoms with Crippen molar-refractivity contribution in [1.82, 2.24) is 15.3 Å². The van der Waals surface area contributed by atoms with Gasteiger partial charge in [-0.25, -0.2) is 4.39 Å². The number of anilines is 1. The molecule has 0 saturated heterocycles. The van der Waals surface area contributed by atoms with Gasteiger partial charge < -0.3 is 11.1 Å². The third-order valence-corrected chi connectivity index (χ3v) is 2.67. The lowest BCUT2D eigenvalue weighted by molar-refractivity contribution is 0.543. The van der Waals surface area contributed by atoms with E-state index in [9.17, 15) is 4.39 Å². The normalized spacial score (nSPS) is 12.3. The summed E-state index contributed by atoms with van der Waals surface area (Å²) in [7, 11) is 0. The van der Waals surface area contributed by atoms with Gasteiger partial charge in [-0.1, -0.05) is 6.92 Å². The summed E-state index contributed by atoms with van der Waals surface area (Å²) in [5.74, 6) is -0.355. The van der Waals surface area contributed by atoms with E-state index in [0.29, 0.717) is 17.9 Å². The van der Waals surface area contributed by atoms with Crippen LogP contribution in [0.4, 0.5) is 10.1 Å². The molecule has 4 nitrogen and oxygen atoms in total. The quantitative estimate of drug-likeness (QED) is 0.864. The minimum atomic E-state index is -0.384. The van der Waals surface area contributed by atoms with Crippen LogP contribution in [-0.4, -0.2) is 16.5 Å². The number of aromatic nitrogens is 2. The van der Waals surface area contributed by atoms with E-state index in [1.54, 1.807) is 30.7 Å². The minimum absolute atomic E-state index is 0.332. The molecular formula is C13H15FN4. The van der Waals surface area contributed by atoms with Crippen molar-refractivity contribution >= 4 is 5.69 Å². The highest BCUT2D eigenvalue weighted by Crippen LogP contribution is 2.25. The van der Waals surface area contributed by atoms with Gasteiger partial charge in [0.25, 0.3) is 0 Å². The zero-order valence-electron chi connectivity index (χ0n) is 10.1. The predicted octanol–water partition coefficient (Wildman–Crippen LogP) is 1.90. The second-order valence-corrected chi connectivity index (χ2v) is 3.87. The summed E-state index contributed by atoms with van der Waals surface area (Å²) in [4.78, 5) is 8.13. The molecule has 0 aliphatic heterocycles. The first-order valence-electron chi connectivity index (χ1n) is 5.77. The Bertz CT molecular complexity index is 484. The van der Waals surface area contributed by atoms with Gasteiger partial charge in [0.05, 0.1) is 11.7 Å². The van der Waals surface area contributed by atoms with Gasteiger partial charge in [0, 0.05) is 29.8 Å². The molecular weight excluding hydrogens is 231 g/mol. The molecule has 2 heterocycles. The Balaban J connectivity index is 2.47. The molecule has 0 amide bonds. The Morgan fingerprint density at radius 2 is 2.22 bits per heavy atom. The van der Waals surface area contributed by atoms with Crippen LogP contribution in [-0.2, 0) is 0 Å². The molecule has 1 unspecified atom stereocenters. The van der Waals surface area contributed by atoms with Gasteiger partial charge in [-0.2, -0.15) is 0 Å². The minimum Gasteiger partial charge on any atom is -0.398 e. The van der Waals surface area contributed by atoms with Crippen molar-refractivity contribution in [3.63, 3.8) is 0 Å². The summed E-state index contributed by atoms with van der Waals surface area (Å²) in [6.45, 7) is 2.62. The van der Waals surface area contributed by atoms with E-state index >= 15 is 0 Å². The third-order valence-electron chi connectivity index (χ3n) is 2.67. The Labute approximate surface area is 105 Å². The van der Waals surface area contributed by atoms with Gasteiger partial charge >= 0.3 is 0 Å². The van der Waals surface area contributed by atoms with E-state index in [1.165, 1.54) is 6.07 Å². The number of halogens is 1. The summed E-state index contributed by atoms with van der Waals surface area (Å²) < 4.78 is 13.8. The first kappa shape index (κ1) is 12.4. The van der Waals surface area contributed by atoms with Crippen LogP contribution >= 0.6 is 0 Å². The maximum Gasteiger partial charge on any atom is 0.146 e. The molecule has 0 saturated carbocycles. The molecule has 1 atom stereocenters. The SMILES string of the molecule is CCNC(c1cnccc1N)c1ncccc1F. The predicted molar refractivity (Wildman–Crippen MR) is 68.4 cm³/mol. The van der Waals surface area contributed by atoms with E-state index in [4.69, 9.17) is 5.73 Å². The fourth-order valence-electron chi connectivity index (χ4n) is 1.83. The average Bonchev–Trinajstić information content (AvgIpc) is 2.38. The van der Waals surface area contributed by atoms with Crippen LogP contribution in [0.5, 0.6) is 0 Å². The second-order valence-electron chi connectivity index (χ2n) is 3.87. The lowest BCUT2D eigenvalue weighted by Crippen LogP contribution is -2.25. The van der Waals surface area contributed by atoms with E-state index < -0.39 is 0 Å². The lowest BCUT2D eigenvalue weighted by Gasteiger charge is -2.19. The lowest BCUT2D eigenvalue weighted by atomic mass is 10.0. The van der Waals surface area contributed by atoms with Crippen molar-refractivity contribution in [1.29, 1.82) is 0 Å². The van der Waals surface area contributed by atoms with Crippen molar-refractivity contribution in [2.75, 3.05) is 12.3 Å². The molecule has 18 heavy (non-hydrogen) atoms. The molecule has 0 aliphatic rings. The van der Waals surface area contributed by atoms with Crippen molar-refractivity contribution in [2.24, 2.45) is 0 Å². The van der Waals surface area contributed by atoms with Crippen LogP contribution in [0.3, 0.4) is 0 Å². The zero-order valence-corrected chi connectivity index (χ0v) is 10.1. The Hall–Kier alpha value is -2.01. The van der Waals surface area contributed by atoms with Gasteiger partial charge in [-0.05, 0) is 24.7 Å². The highest BCUT2D eigenvalue weighted by Gasteiger charge is 2.20. The molecule has 0 radical (unpaired) electrons. The molecule has 2 aromatic rings. The average molecular weight is 246 g/mol. The maximum absolute atomic E-state index is 13.8. The highest BCUT2D eigenvalue weighted by atomic mass is 19.1. The maximum atomic E-state index is 13.8. The standard InChI is InChI=1S/C13H15FN4/c1-2-17-12(9-8-16-7-5-11(9)15)13-10(14)4-3-6-18-13/h3-8,12,17H,2H2,1H3,(H2,15,16). The van der Waals surface area contributed by atoms with Crippen LogP contribution in [0, 0.1) is 5.82 Å². The summed E-state index contributed by atoms with van der Waals surface area (Å²) in [5, 5.41) is 3.17. The van der Waals surface area contributed by atoms with E-state index in [-0.39, 0.29) is 11.9 Å². The number of hydrogen-bond acceptors (Lipinski definition) is 4. The number of pyridine rings is 2. The van der Waals surface area contributed by atoms with Crippen molar-refractivity contribution in [3.8, 4) is 0 Å². The number of nitrogen functional groups attached to an aromatic ring is 1. The first-order valence-corrected chi connectivity index (χ1v) is 5.77. The molecule has 0 bridgehead atoms.